The van der Waals surface area contributed by atoms with E-state index in [1.807, 2.05) is 11.3 Å². The molecule has 0 saturated heterocycles. The summed E-state index contributed by atoms with van der Waals surface area (Å²) in [4.78, 5) is 10.9. The van der Waals surface area contributed by atoms with Gasteiger partial charge < -0.3 is 0 Å². The molecule has 13 aromatic rings. The van der Waals surface area contributed by atoms with Crippen LogP contribution in [-0.2, 0) is 0 Å². The van der Waals surface area contributed by atoms with Crippen LogP contribution in [0, 0.1) is 0 Å². The molecule has 3 aromatic heterocycles. The van der Waals surface area contributed by atoms with Crippen molar-refractivity contribution in [3.8, 4) is 50.6 Å². The van der Waals surface area contributed by atoms with Gasteiger partial charge in [-0.15, -0.1) is 11.3 Å². The van der Waals surface area contributed by atoms with Gasteiger partial charge in [-0.05, 0) is 68.2 Å². The van der Waals surface area contributed by atoms with Crippen LogP contribution in [0.4, 0.5) is 0 Å². The first-order valence-electron chi connectivity index (χ1n) is 21.1. The maximum atomic E-state index is 5.53. The van der Waals surface area contributed by atoms with Crippen LogP contribution in [-0.4, -0.2) is 14.5 Å². The van der Waals surface area contributed by atoms with Gasteiger partial charge >= 0.3 is 0 Å². The Bertz CT molecular complexity index is 3930. The molecule has 0 spiro atoms. The number of aromatic nitrogens is 3. The largest absolute Gasteiger partial charge is 0.277 e. The normalized spacial score (nSPS) is 11.9. The Morgan fingerprint density at radius 2 is 0.871 bits per heavy atom. The maximum Gasteiger partial charge on any atom is 0.235 e. The SMILES string of the molecule is c1ccc(-c2nc(-n3c4c(-c5cccc(-c6cccc(-c7cccc8c7sc7ccccc78)c6)c5)cccc4c4c5ccccc5c5ccccc5c43)nc3ccccc23)cc1. The lowest BCUT2D eigenvalue weighted by Crippen LogP contribution is -2.04. The fraction of sp³-hybridized carbons (Fsp3) is 0. The van der Waals surface area contributed by atoms with Gasteiger partial charge in [-0.1, -0.05) is 188 Å². The highest BCUT2D eigenvalue weighted by atomic mass is 32.1. The van der Waals surface area contributed by atoms with Gasteiger partial charge in [0.15, 0.2) is 0 Å². The van der Waals surface area contributed by atoms with Gasteiger partial charge in [0.1, 0.15) is 0 Å². The molecule has 0 aliphatic carbocycles. The lowest BCUT2D eigenvalue weighted by Gasteiger charge is -2.15. The topological polar surface area (TPSA) is 30.7 Å². The molecule has 0 aliphatic heterocycles. The summed E-state index contributed by atoms with van der Waals surface area (Å²) in [6.07, 6.45) is 0. The van der Waals surface area contributed by atoms with Crippen molar-refractivity contribution in [2.45, 2.75) is 0 Å². The zero-order valence-corrected chi connectivity index (χ0v) is 34.3. The number of para-hydroxylation sites is 2. The third-order valence-electron chi connectivity index (χ3n) is 12.6. The van der Waals surface area contributed by atoms with Gasteiger partial charge in [-0.2, -0.15) is 0 Å². The van der Waals surface area contributed by atoms with Crippen molar-refractivity contribution >= 4 is 85.8 Å². The van der Waals surface area contributed by atoms with Crippen LogP contribution in [0.3, 0.4) is 0 Å². The molecule has 0 saturated carbocycles. The third kappa shape index (κ3) is 5.30. The number of benzene rings is 10. The smallest absolute Gasteiger partial charge is 0.235 e. The molecule has 3 heterocycles. The van der Waals surface area contributed by atoms with E-state index in [0.29, 0.717) is 5.95 Å². The first-order valence-corrected chi connectivity index (χ1v) is 21.9. The van der Waals surface area contributed by atoms with Crippen molar-refractivity contribution in [1.82, 2.24) is 14.5 Å². The number of nitrogens with zero attached hydrogens (tertiary/aromatic N) is 3. The van der Waals surface area contributed by atoms with E-state index in [1.54, 1.807) is 0 Å². The first-order chi connectivity index (χ1) is 30.8. The first kappa shape index (κ1) is 34.9. The number of fused-ring (bicyclic) bond motifs is 12. The Morgan fingerprint density at radius 3 is 1.65 bits per heavy atom. The van der Waals surface area contributed by atoms with E-state index >= 15 is 0 Å². The van der Waals surface area contributed by atoms with Crippen LogP contribution in [0.25, 0.3) is 125 Å². The van der Waals surface area contributed by atoms with E-state index in [9.17, 15) is 0 Å². The molecular weight excluding hydrogens is 771 g/mol. The number of hydrogen-bond acceptors (Lipinski definition) is 3. The number of rotatable bonds is 5. The average Bonchev–Trinajstić information content (AvgIpc) is 3.91. The fourth-order valence-electron chi connectivity index (χ4n) is 9.85. The zero-order valence-electron chi connectivity index (χ0n) is 33.5. The number of thiophene rings is 1. The summed E-state index contributed by atoms with van der Waals surface area (Å²) in [6.45, 7) is 0. The van der Waals surface area contributed by atoms with Crippen LogP contribution >= 0.6 is 11.3 Å². The van der Waals surface area contributed by atoms with Crippen molar-refractivity contribution in [3.05, 3.63) is 212 Å². The Labute approximate surface area is 361 Å². The average molecular weight is 806 g/mol. The second-order valence-corrected chi connectivity index (χ2v) is 17.1. The van der Waals surface area contributed by atoms with Crippen molar-refractivity contribution < 1.29 is 0 Å². The van der Waals surface area contributed by atoms with E-state index in [-0.39, 0.29) is 0 Å². The molecule has 288 valence electrons. The van der Waals surface area contributed by atoms with Gasteiger partial charge in [0.05, 0.1) is 22.2 Å². The van der Waals surface area contributed by atoms with Gasteiger partial charge in [0, 0.05) is 52.8 Å². The van der Waals surface area contributed by atoms with Gasteiger partial charge in [0.25, 0.3) is 0 Å². The Hall–Kier alpha value is -7.92. The van der Waals surface area contributed by atoms with E-state index in [0.717, 1.165) is 49.9 Å². The summed E-state index contributed by atoms with van der Waals surface area (Å²) >= 11 is 1.88. The molecule has 0 bridgehead atoms. The van der Waals surface area contributed by atoms with Crippen LogP contribution in [0.5, 0.6) is 0 Å². The molecule has 0 unspecified atom stereocenters. The van der Waals surface area contributed by atoms with E-state index in [4.69, 9.17) is 9.97 Å². The Balaban J connectivity index is 1.08. The summed E-state index contributed by atoms with van der Waals surface area (Å²) in [5, 5.41) is 10.8. The molecule has 0 N–H and O–H groups in total. The summed E-state index contributed by atoms with van der Waals surface area (Å²) in [5.74, 6) is 0.648. The lowest BCUT2D eigenvalue weighted by molar-refractivity contribution is 1.02. The predicted octanol–water partition coefficient (Wildman–Crippen LogP) is 16.1. The highest BCUT2D eigenvalue weighted by molar-refractivity contribution is 7.26. The van der Waals surface area contributed by atoms with Crippen LogP contribution in [0.2, 0.25) is 0 Å². The highest BCUT2D eigenvalue weighted by Gasteiger charge is 2.24. The molecule has 0 fully saturated rings. The van der Waals surface area contributed by atoms with Crippen LogP contribution in [0.1, 0.15) is 0 Å². The Kier molecular flexibility index (Phi) is 7.78. The van der Waals surface area contributed by atoms with Gasteiger partial charge in [-0.25, -0.2) is 9.97 Å². The minimum absolute atomic E-state index is 0.648. The van der Waals surface area contributed by atoms with Crippen LogP contribution in [0.15, 0.2) is 212 Å². The van der Waals surface area contributed by atoms with Crippen molar-refractivity contribution in [2.75, 3.05) is 0 Å². The lowest BCUT2D eigenvalue weighted by atomic mass is 9.94. The minimum atomic E-state index is 0.648. The Morgan fingerprint density at radius 1 is 0.339 bits per heavy atom. The van der Waals surface area contributed by atoms with E-state index < -0.39 is 0 Å². The van der Waals surface area contributed by atoms with Crippen molar-refractivity contribution in [3.63, 3.8) is 0 Å². The molecule has 0 amide bonds. The highest BCUT2D eigenvalue weighted by Crippen LogP contribution is 2.46. The molecule has 3 nitrogen and oxygen atoms in total. The van der Waals surface area contributed by atoms with Crippen molar-refractivity contribution in [2.24, 2.45) is 0 Å². The molecule has 0 atom stereocenters. The maximum absolute atomic E-state index is 5.53. The summed E-state index contributed by atoms with van der Waals surface area (Å²) in [5.41, 5.74) is 12.1. The third-order valence-corrected chi connectivity index (χ3v) is 13.8. The minimum Gasteiger partial charge on any atom is -0.277 e. The van der Waals surface area contributed by atoms with Gasteiger partial charge in [0.2, 0.25) is 5.95 Å². The monoisotopic (exact) mass is 805 g/mol. The summed E-state index contributed by atoms with van der Waals surface area (Å²) in [6, 6.07) is 76.7. The predicted molar refractivity (Wildman–Crippen MR) is 264 cm³/mol. The molecule has 0 radical (unpaired) electrons. The van der Waals surface area contributed by atoms with E-state index in [2.05, 4.69) is 217 Å². The standard InChI is InChI=1S/C58H35N3S/c1-2-16-36(17-3-1)54-49-27-8-10-32-51(49)59-58(60-54)61-55-41(28-14-31-50(55)53-46-25-6-4-22-43(46)44-23-5-7-26-47(44)56(53)61)39-20-12-18-37(34-39)38-19-13-21-40(35-38)42-29-15-30-48-45-24-9-11-33-52(45)62-57(42)48/h1-35H. The van der Waals surface area contributed by atoms with E-state index in [1.165, 1.54) is 69.2 Å². The molecule has 13 rings (SSSR count). The second kappa shape index (κ2) is 13.8. The summed E-state index contributed by atoms with van der Waals surface area (Å²) in [7, 11) is 0. The molecular formula is C58H35N3S. The van der Waals surface area contributed by atoms with Gasteiger partial charge in [-0.3, -0.25) is 4.57 Å². The van der Waals surface area contributed by atoms with Crippen molar-refractivity contribution in [1.29, 1.82) is 0 Å². The molecule has 10 aromatic carbocycles. The fourth-order valence-corrected chi connectivity index (χ4v) is 11.1. The van der Waals surface area contributed by atoms with Crippen LogP contribution < -0.4 is 0 Å². The zero-order chi connectivity index (χ0) is 40.7. The molecule has 0 aliphatic rings. The second-order valence-electron chi connectivity index (χ2n) is 16.0. The quantitative estimate of drug-likeness (QED) is 0.162. The molecule has 4 heteroatoms. The molecule has 62 heavy (non-hydrogen) atoms. The number of hydrogen-bond donors (Lipinski definition) is 0. The summed E-state index contributed by atoms with van der Waals surface area (Å²) < 4.78 is 4.99.